The second kappa shape index (κ2) is 7.07. The largest absolute Gasteiger partial charge is 0.493 e. The molecule has 0 radical (unpaired) electrons. The van der Waals surface area contributed by atoms with Crippen molar-refractivity contribution in [1.82, 2.24) is 9.55 Å². The highest BCUT2D eigenvalue weighted by Gasteiger charge is 2.17. The second-order valence-electron chi connectivity index (χ2n) is 5.53. The highest BCUT2D eigenvalue weighted by Crippen LogP contribution is 2.40. The summed E-state index contributed by atoms with van der Waals surface area (Å²) in [5, 5.41) is 23.4. The predicted molar refractivity (Wildman–Crippen MR) is 105 cm³/mol. The molecule has 0 saturated heterocycles. The van der Waals surface area contributed by atoms with Crippen LogP contribution in [0.5, 0.6) is 5.88 Å². The Bertz CT molecular complexity index is 1110. The van der Waals surface area contributed by atoms with Crippen molar-refractivity contribution >= 4 is 56.3 Å². The second-order valence-corrected chi connectivity index (χ2v) is 7.24. The average Bonchev–Trinajstić information content (AvgIpc) is 3.23. The minimum Gasteiger partial charge on any atom is -0.493 e. The van der Waals surface area contributed by atoms with E-state index >= 15 is 0 Å². The Morgan fingerprint density at radius 2 is 1.96 bits per heavy atom. The number of azo groups is 1. The van der Waals surface area contributed by atoms with Gasteiger partial charge < -0.3 is 9.67 Å². The zero-order valence-corrected chi connectivity index (χ0v) is 15.6. The lowest BCUT2D eigenvalue weighted by Crippen LogP contribution is -1.99. The van der Waals surface area contributed by atoms with Crippen molar-refractivity contribution in [3.8, 4) is 5.88 Å². The standard InChI is InChI=1S/C18H12Cl2N4OS/c19-12-6-5-11(14(20)9-12)10-24-15-4-2-1-3-13(15)16(17(24)25)22-23-18-21-7-8-26-18/h1-9,25H,10H2. The van der Waals surface area contributed by atoms with Crippen LogP contribution in [0.1, 0.15) is 5.56 Å². The maximum Gasteiger partial charge on any atom is 0.229 e. The van der Waals surface area contributed by atoms with Gasteiger partial charge in [-0.2, -0.15) is 0 Å². The van der Waals surface area contributed by atoms with E-state index in [4.69, 9.17) is 23.2 Å². The van der Waals surface area contributed by atoms with Crippen LogP contribution in [0.15, 0.2) is 64.3 Å². The molecule has 2 heterocycles. The summed E-state index contributed by atoms with van der Waals surface area (Å²) in [4.78, 5) is 4.08. The normalized spacial score (nSPS) is 11.6. The lowest BCUT2D eigenvalue weighted by Gasteiger charge is -2.09. The number of halogens is 2. The molecule has 2 aromatic carbocycles. The number of aromatic nitrogens is 2. The maximum atomic E-state index is 10.8. The monoisotopic (exact) mass is 402 g/mol. The first-order valence-corrected chi connectivity index (χ1v) is 9.32. The summed E-state index contributed by atoms with van der Waals surface area (Å²) in [5.74, 6) is 0.0255. The summed E-state index contributed by atoms with van der Waals surface area (Å²) in [6.45, 7) is 0.384. The number of hydrogen-bond acceptors (Lipinski definition) is 5. The first-order valence-electron chi connectivity index (χ1n) is 7.69. The lowest BCUT2D eigenvalue weighted by molar-refractivity contribution is 0.429. The minimum atomic E-state index is 0.0255. The molecular weight excluding hydrogens is 391 g/mol. The van der Waals surface area contributed by atoms with Crippen molar-refractivity contribution in [2.24, 2.45) is 10.2 Å². The number of nitrogens with zero attached hydrogens (tertiary/aromatic N) is 4. The fraction of sp³-hybridized carbons (Fsp3) is 0.0556. The van der Waals surface area contributed by atoms with Crippen LogP contribution in [0, 0.1) is 0 Å². The zero-order valence-electron chi connectivity index (χ0n) is 13.3. The minimum absolute atomic E-state index is 0.0255. The number of para-hydroxylation sites is 1. The van der Waals surface area contributed by atoms with Crippen LogP contribution in [0.25, 0.3) is 10.9 Å². The van der Waals surface area contributed by atoms with Crippen LogP contribution in [-0.4, -0.2) is 14.7 Å². The summed E-state index contributed by atoms with van der Waals surface area (Å²) in [6.07, 6.45) is 1.66. The maximum absolute atomic E-state index is 10.8. The van der Waals surface area contributed by atoms with E-state index in [0.29, 0.717) is 27.4 Å². The Hall–Kier alpha value is -2.41. The molecule has 4 rings (SSSR count). The molecule has 0 amide bonds. The Kier molecular flexibility index (Phi) is 4.63. The van der Waals surface area contributed by atoms with Gasteiger partial charge in [0.1, 0.15) is 0 Å². The molecule has 0 spiro atoms. The van der Waals surface area contributed by atoms with E-state index in [1.165, 1.54) is 11.3 Å². The fourth-order valence-electron chi connectivity index (χ4n) is 2.71. The highest BCUT2D eigenvalue weighted by molar-refractivity contribution is 7.13. The fourth-order valence-corrected chi connectivity index (χ4v) is 3.63. The third kappa shape index (κ3) is 3.19. The molecule has 0 bridgehead atoms. The Labute approximate surface area is 163 Å². The topological polar surface area (TPSA) is 62.8 Å². The Morgan fingerprint density at radius 3 is 2.73 bits per heavy atom. The summed E-state index contributed by atoms with van der Waals surface area (Å²) >= 11 is 13.6. The first kappa shape index (κ1) is 17.0. The van der Waals surface area contributed by atoms with Gasteiger partial charge in [-0.05, 0) is 23.8 Å². The quantitative estimate of drug-likeness (QED) is 0.392. The highest BCUT2D eigenvalue weighted by atomic mass is 35.5. The van der Waals surface area contributed by atoms with E-state index in [0.717, 1.165) is 16.5 Å². The van der Waals surface area contributed by atoms with Gasteiger partial charge in [-0.15, -0.1) is 21.6 Å². The van der Waals surface area contributed by atoms with E-state index < -0.39 is 0 Å². The van der Waals surface area contributed by atoms with Gasteiger partial charge in [-0.25, -0.2) is 4.98 Å². The van der Waals surface area contributed by atoms with Gasteiger partial charge in [0, 0.05) is 27.0 Å². The van der Waals surface area contributed by atoms with Crippen LogP contribution in [0.2, 0.25) is 10.0 Å². The van der Waals surface area contributed by atoms with Gasteiger partial charge in [-0.3, -0.25) is 0 Å². The third-order valence-corrected chi connectivity index (χ3v) is 5.16. The Balaban J connectivity index is 1.81. The van der Waals surface area contributed by atoms with Crippen LogP contribution in [0.4, 0.5) is 10.8 Å². The van der Waals surface area contributed by atoms with Gasteiger partial charge in [0.15, 0.2) is 5.69 Å². The van der Waals surface area contributed by atoms with Crippen LogP contribution < -0.4 is 0 Å². The molecule has 0 unspecified atom stereocenters. The number of rotatable bonds is 4. The van der Waals surface area contributed by atoms with E-state index in [9.17, 15) is 5.11 Å². The van der Waals surface area contributed by atoms with Crippen molar-refractivity contribution in [3.05, 3.63) is 69.7 Å². The average molecular weight is 403 g/mol. The van der Waals surface area contributed by atoms with Gasteiger partial charge in [0.2, 0.25) is 11.0 Å². The van der Waals surface area contributed by atoms with Crippen LogP contribution >= 0.6 is 34.5 Å². The van der Waals surface area contributed by atoms with Crippen molar-refractivity contribution in [2.45, 2.75) is 6.54 Å². The molecule has 1 N–H and O–H groups in total. The van der Waals surface area contributed by atoms with Gasteiger partial charge in [0.25, 0.3) is 0 Å². The summed E-state index contributed by atoms with van der Waals surface area (Å²) in [6, 6.07) is 12.9. The molecule has 4 aromatic rings. The summed E-state index contributed by atoms with van der Waals surface area (Å²) < 4.78 is 1.75. The van der Waals surface area contributed by atoms with Crippen molar-refractivity contribution in [3.63, 3.8) is 0 Å². The molecule has 5 nitrogen and oxygen atoms in total. The van der Waals surface area contributed by atoms with Gasteiger partial charge in [0.05, 0.1) is 12.1 Å². The van der Waals surface area contributed by atoms with E-state index in [1.807, 2.05) is 35.7 Å². The van der Waals surface area contributed by atoms with E-state index in [2.05, 4.69) is 15.2 Å². The lowest BCUT2D eigenvalue weighted by atomic mass is 10.2. The molecule has 2 aromatic heterocycles. The Morgan fingerprint density at radius 1 is 1.12 bits per heavy atom. The number of aromatic hydroxyl groups is 1. The zero-order chi connectivity index (χ0) is 18.1. The SMILES string of the molecule is Oc1c(N=Nc2nccs2)c2ccccc2n1Cc1ccc(Cl)cc1Cl. The molecule has 0 aliphatic heterocycles. The number of hydrogen-bond donors (Lipinski definition) is 1. The van der Waals surface area contributed by atoms with Crippen LogP contribution in [0.3, 0.4) is 0 Å². The summed E-state index contributed by atoms with van der Waals surface area (Å²) in [5.41, 5.74) is 2.08. The molecule has 8 heteroatoms. The molecule has 0 aliphatic carbocycles. The third-order valence-electron chi connectivity index (χ3n) is 3.92. The molecule has 26 heavy (non-hydrogen) atoms. The number of benzene rings is 2. The first-order chi connectivity index (χ1) is 12.6. The molecule has 0 saturated carbocycles. The van der Waals surface area contributed by atoms with Crippen LogP contribution in [-0.2, 0) is 6.54 Å². The number of fused-ring (bicyclic) bond motifs is 1. The van der Waals surface area contributed by atoms with Gasteiger partial charge in [-0.1, -0.05) is 47.5 Å². The smallest absolute Gasteiger partial charge is 0.229 e. The molecule has 130 valence electrons. The molecular formula is C18H12Cl2N4OS. The molecule has 0 atom stereocenters. The van der Waals surface area contributed by atoms with Crippen molar-refractivity contribution < 1.29 is 5.11 Å². The van der Waals surface area contributed by atoms with E-state index in [1.54, 1.807) is 22.9 Å². The number of thiazole rings is 1. The van der Waals surface area contributed by atoms with Gasteiger partial charge >= 0.3 is 0 Å². The predicted octanol–water partition coefficient (Wildman–Crippen LogP) is 6.57. The van der Waals surface area contributed by atoms with E-state index in [-0.39, 0.29) is 5.88 Å². The van der Waals surface area contributed by atoms with Crippen molar-refractivity contribution in [1.29, 1.82) is 0 Å². The van der Waals surface area contributed by atoms with Crippen molar-refractivity contribution in [2.75, 3.05) is 0 Å². The summed E-state index contributed by atoms with van der Waals surface area (Å²) in [7, 11) is 0. The molecule has 0 fully saturated rings. The molecule has 0 aliphatic rings.